The van der Waals surface area contributed by atoms with Gasteiger partial charge in [0.2, 0.25) is 5.91 Å². The molecular formula is C18H19NO4. The lowest BCUT2D eigenvalue weighted by atomic mass is 10.0. The van der Waals surface area contributed by atoms with Gasteiger partial charge < -0.3 is 15.2 Å². The topological polar surface area (TPSA) is 75.6 Å². The van der Waals surface area contributed by atoms with E-state index in [1.54, 1.807) is 0 Å². The number of fused-ring (bicyclic) bond motifs is 1. The highest BCUT2D eigenvalue weighted by Crippen LogP contribution is 2.23. The standard InChI is InChI=1S/C18H19NO4/c1-11(13-7-6-12-4-2-3-5-14(12)10-13)19-17(20)15-8-9-16(23-15)18(21)22/h2-7,10-11,15-16H,8-9H2,1H3,(H,19,20)(H,21,22)/t11?,15-,16+/m0/s1. The molecule has 1 unspecified atom stereocenters. The Morgan fingerprint density at radius 2 is 1.83 bits per heavy atom. The number of carboxylic acid groups (broad SMARTS) is 1. The number of ether oxygens (including phenoxy) is 1. The summed E-state index contributed by atoms with van der Waals surface area (Å²) < 4.78 is 5.28. The van der Waals surface area contributed by atoms with Crippen molar-refractivity contribution in [2.75, 3.05) is 0 Å². The molecule has 1 amide bonds. The number of hydrogen-bond acceptors (Lipinski definition) is 3. The van der Waals surface area contributed by atoms with Crippen LogP contribution in [0, 0.1) is 0 Å². The normalized spacial score (nSPS) is 22.0. The molecule has 0 saturated carbocycles. The predicted molar refractivity (Wildman–Crippen MR) is 86.0 cm³/mol. The second kappa shape index (κ2) is 6.38. The van der Waals surface area contributed by atoms with Gasteiger partial charge in [-0.25, -0.2) is 4.79 Å². The van der Waals surface area contributed by atoms with Crippen molar-refractivity contribution >= 4 is 22.6 Å². The maximum atomic E-state index is 12.2. The van der Waals surface area contributed by atoms with Gasteiger partial charge in [0, 0.05) is 0 Å². The van der Waals surface area contributed by atoms with E-state index in [1.807, 2.05) is 43.3 Å². The van der Waals surface area contributed by atoms with Gasteiger partial charge in [-0.1, -0.05) is 36.4 Å². The van der Waals surface area contributed by atoms with E-state index >= 15 is 0 Å². The lowest BCUT2D eigenvalue weighted by molar-refractivity contribution is -0.151. The van der Waals surface area contributed by atoms with Crippen LogP contribution in [0.2, 0.25) is 0 Å². The van der Waals surface area contributed by atoms with Gasteiger partial charge in [0.05, 0.1) is 6.04 Å². The predicted octanol–water partition coefficient (Wildman–Crippen LogP) is 2.65. The molecule has 23 heavy (non-hydrogen) atoms. The van der Waals surface area contributed by atoms with E-state index in [2.05, 4.69) is 11.4 Å². The van der Waals surface area contributed by atoms with Crippen LogP contribution >= 0.6 is 0 Å². The summed E-state index contributed by atoms with van der Waals surface area (Å²) in [5, 5.41) is 14.1. The highest BCUT2D eigenvalue weighted by Gasteiger charge is 2.35. The average Bonchev–Trinajstić information content (AvgIpc) is 3.04. The Bertz CT molecular complexity index is 743. The van der Waals surface area contributed by atoms with Crippen molar-refractivity contribution in [3.8, 4) is 0 Å². The summed E-state index contributed by atoms with van der Waals surface area (Å²) in [4.78, 5) is 23.1. The lowest BCUT2D eigenvalue weighted by Crippen LogP contribution is -2.37. The largest absolute Gasteiger partial charge is 0.479 e. The molecule has 2 aromatic carbocycles. The summed E-state index contributed by atoms with van der Waals surface area (Å²) >= 11 is 0. The number of rotatable bonds is 4. The number of amides is 1. The summed E-state index contributed by atoms with van der Waals surface area (Å²) in [5.74, 6) is -1.27. The number of hydrogen-bond donors (Lipinski definition) is 2. The Labute approximate surface area is 134 Å². The fourth-order valence-electron chi connectivity index (χ4n) is 2.88. The fraction of sp³-hybridized carbons (Fsp3) is 0.333. The third kappa shape index (κ3) is 3.35. The molecule has 5 nitrogen and oxygen atoms in total. The molecule has 5 heteroatoms. The molecule has 3 atom stereocenters. The van der Waals surface area contributed by atoms with Crippen molar-refractivity contribution in [1.29, 1.82) is 0 Å². The van der Waals surface area contributed by atoms with E-state index in [9.17, 15) is 9.59 Å². The summed E-state index contributed by atoms with van der Waals surface area (Å²) in [7, 11) is 0. The number of aliphatic carboxylic acids is 1. The summed E-state index contributed by atoms with van der Waals surface area (Å²) in [6.45, 7) is 1.91. The first-order chi connectivity index (χ1) is 11.0. The number of nitrogens with one attached hydrogen (secondary N) is 1. The minimum absolute atomic E-state index is 0.167. The fourth-order valence-corrected chi connectivity index (χ4v) is 2.88. The van der Waals surface area contributed by atoms with Crippen LogP contribution in [0.5, 0.6) is 0 Å². The van der Waals surface area contributed by atoms with E-state index in [-0.39, 0.29) is 11.9 Å². The van der Waals surface area contributed by atoms with Gasteiger partial charge in [-0.15, -0.1) is 0 Å². The molecule has 3 rings (SSSR count). The van der Waals surface area contributed by atoms with Gasteiger partial charge in [-0.05, 0) is 42.2 Å². The van der Waals surface area contributed by atoms with Crippen LogP contribution in [-0.4, -0.2) is 29.2 Å². The van der Waals surface area contributed by atoms with Gasteiger partial charge in [-0.3, -0.25) is 4.79 Å². The second-order valence-electron chi connectivity index (χ2n) is 5.87. The molecule has 1 saturated heterocycles. The molecule has 1 aliphatic rings. The Morgan fingerprint density at radius 3 is 2.52 bits per heavy atom. The highest BCUT2D eigenvalue weighted by atomic mass is 16.5. The van der Waals surface area contributed by atoms with Crippen LogP contribution in [0.4, 0.5) is 0 Å². The van der Waals surface area contributed by atoms with Gasteiger partial charge in [0.1, 0.15) is 6.10 Å². The molecule has 0 aliphatic carbocycles. The van der Waals surface area contributed by atoms with Crippen LogP contribution in [0.25, 0.3) is 10.8 Å². The number of carbonyl (C=O) groups is 2. The van der Waals surface area contributed by atoms with E-state index in [1.165, 1.54) is 0 Å². The molecule has 2 aromatic rings. The van der Waals surface area contributed by atoms with Crippen LogP contribution in [0.15, 0.2) is 42.5 Å². The van der Waals surface area contributed by atoms with Crippen molar-refractivity contribution in [3.05, 3.63) is 48.0 Å². The van der Waals surface area contributed by atoms with Crippen LogP contribution in [0.1, 0.15) is 31.4 Å². The maximum Gasteiger partial charge on any atom is 0.332 e. The molecule has 0 aromatic heterocycles. The van der Waals surface area contributed by atoms with Crippen molar-refractivity contribution < 1.29 is 19.4 Å². The molecule has 0 spiro atoms. The zero-order valence-corrected chi connectivity index (χ0v) is 12.9. The van der Waals surface area contributed by atoms with Crippen LogP contribution in [-0.2, 0) is 14.3 Å². The minimum atomic E-state index is -1.01. The minimum Gasteiger partial charge on any atom is -0.479 e. The Kier molecular flexibility index (Phi) is 4.30. The molecule has 1 fully saturated rings. The van der Waals surface area contributed by atoms with Gasteiger partial charge in [-0.2, -0.15) is 0 Å². The first kappa shape index (κ1) is 15.5. The molecule has 1 heterocycles. The summed E-state index contributed by atoms with van der Waals surface area (Å²) in [6, 6.07) is 13.9. The molecule has 120 valence electrons. The average molecular weight is 313 g/mol. The number of benzene rings is 2. The van der Waals surface area contributed by atoms with E-state index in [0.29, 0.717) is 12.8 Å². The summed E-state index contributed by atoms with van der Waals surface area (Å²) in [6.07, 6.45) is -0.744. The van der Waals surface area contributed by atoms with Crippen LogP contribution in [0.3, 0.4) is 0 Å². The Morgan fingerprint density at radius 1 is 1.13 bits per heavy atom. The third-order valence-corrected chi connectivity index (χ3v) is 4.22. The van der Waals surface area contributed by atoms with Gasteiger partial charge in [0.25, 0.3) is 0 Å². The first-order valence-electron chi connectivity index (χ1n) is 7.72. The maximum absolute atomic E-state index is 12.2. The second-order valence-corrected chi connectivity index (χ2v) is 5.87. The molecule has 0 bridgehead atoms. The smallest absolute Gasteiger partial charge is 0.332 e. The summed E-state index contributed by atoms with van der Waals surface area (Å²) in [5.41, 5.74) is 1.00. The zero-order chi connectivity index (χ0) is 16.4. The Hall–Kier alpha value is -2.40. The van der Waals surface area contributed by atoms with Crippen molar-refractivity contribution in [2.45, 2.75) is 38.0 Å². The van der Waals surface area contributed by atoms with Crippen molar-refractivity contribution in [3.63, 3.8) is 0 Å². The number of carbonyl (C=O) groups excluding carboxylic acids is 1. The van der Waals surface area contributed by atoms with Crippen molar-refractivity contribution in [1.82, 2.24) is 5.32 Å². The van der Waals surface area contributed by atoms with Crippen LogP contribution < -0.4 is 5.32 Å². The lowest BCUT2D eigenvalue weighted by Gasteiger charge is -2.18. The van der Waals surface area contributed by atoms with Crippen molar-refractivity contribution in [2.24, 2.45) is 0 Å². The highest BCUT2D eigenvalue weighted by molar-refractivity contribution is 5.84. The molecule has 0 radical (unpaired) electrons. The van der Waals surface area contributed by atoms with Gasteiger partial charge in [0.15, 0.2) is 6.10 Å². The Balaban J connectivity index is 1.67. The number of carboxylic acids is 1. The monoisotopic (exact) mass is 313 g/mol. The molecular weight excluding hydrogens is 294 g/mol. The van der Waals surface area contributed by atoms with E-state index in [4.69, 9.17) is 9.84 Å². The first-order valence-corrected chi connectivity index (χ1v) is 7.72. The molecule has 1 aliphatic heterocycles. The quantitative estimate of drug-likeness (QED) is 0.910. The van der Waals surface area contributed by atoms with E-state index < -0.39 is 18.2 Å². The van der Waals surface area contributed by atoms with Gasteiger partial charge >= 0.3 is 5.97 Å². The molecule has 2 N–H and O–H groups in total. The third-order valence-electron chi connectivity index (χ3n) is 4.22. The van der Waals surface area contributed by atoms with E-state index in [0.717, 1.165) is 16.3 Å². The SMILES string of the molecule is CC(NC(=O)[C@@H]1CC[C@H](C(=O)O)O1)c1ccc2ccccc2c1. The zero-order valence-electron chi connectivity index (χ0n) is 12.9.